The molecule has 1 fully saturated rings. The molecule has 1 aliphatic rings. The van der Waals surface area contributed by atoms with Crippen LogP contribution in [0.3, 0.4) is 0 Å². The minimum atomic E-state index is -4.74. The number of anilines is 2. The molecule has 12 heteroatoms. The van der Waals surface area contributed by atoms with E-state index in [0.717, 1.165) is 12.1 Å². The number of hydrogen-bond acceptors (Lipinski definition) is 5. The third-order valence-electron chi connectivity index (χ3n) is 5.10. The number of nitrogens with one attached hydrogen (secondary N) is 1. The summed E-state index contributed by atoms with van der Waals surface area (Å²) >= 11 is 0. The number of carbonyl (C=O) groups is 1. The number of nitrogen functional groups attached to an aromatic ring is 1. The number of rotatable bonds is 5. The maximum Gasteiger partial charge on any atom is 0.451 e. The molecule has 0 spiro atoms. The maximum absolute atomic E-state index is 13.0. The summed E-state index contributed by atoms with van der Waals surface area (Å²) in [6, 6.07) is 5.92. The van der Waals surface area contributed by atoms with Crippen molar-refractivity contribution in [2.24, 2.45) is 5.92 Å². The smallest absolute Gasteiger partial charge is 0.384 e. The van der Waals surface area contributed by atoms with Gasteiger partial charge in [-0.15, -0.1) is 0 Å². The molecule has 1 aliphatic heterocycles. The van der Waals surface area contributed by atoms with Crippen LogP contribution in [0.15, 0.2) is 30.3 Å². The van der Waals surface area contributed by atoms with Crippen LogP contribution >= 0.6 is 0 Å². The number of benzene rings is 1. The molecule has 174 valence electrons. The van der Waals surface area contributed by atoms with Crippen molar-refractivity contribution in [3.8, 4) is 0 Å². The number of alkyl halides is 6. The number of hydrogen-bond donors (Lipinski definition) is 2. The second-order valence-corrected chi connectivity index (χ2v) is 7.49. The van der Waals surface area contributed by atoms with Crippen LogP contribution in [0.5, 0.6) is 0 Å². The van der Waals surface area contributed by atoms with Crippen molar-refractivity contribution in [3.05, 3.63) is 47.3 Å². The lowest BCUT2D eigenvalue weighted by Crippen LogP contribution is -2.44. The van der Waals surface area contributed by atoms with Crippen LogP contribution < -0.4 is 16.0 Å². The van der Waals surface area contributed by atoms with Gasteiger partial charge in [-0.3, -0.25) is 4.79 Å². The van der Waals surface area contributed by atoms with E-state index >= 15 is 0 Å². The lowest BCUT2D eigenvalue weighted by molar-refractivity contribution is -0.144. The van der Waals surface area contributed by atoms with E-state index in [2.05, 4.69) is 15.3 Å². The van der Waals surface area contributed by atoms with Gasteiger partial charge < -0.3 is 16.0 Å². The van der Waals surface area contributed by atoms with E-state index in [0.29, 0.717) is 31.4 Å². The third kappa shape index (κ3) is 6.01. The molecule has 0 saturated carbocycles. The van der Waals surface area contributed by atoms with Gasteiger partial charge in [-0.05, 0) is 37.0 Å². The molecule has 0 unspecified atom stereocenters. The standard InChI is InChI=1S/C20H21F6N5O/c21-19(22,23)14-5-3-12(4-6-14)7-8-28-17(32)13-2-1-9-31(11-13)16-10-15(27)29-18(30-16)20(24,25)26/h3-6,10,13H,1-2,7-9,11H2,(H,28,32)(H2,27,29,30)/t13-/m1/s1. The van der Waals surface area contributed by atoms with Gasteiger partial charge in [0.1, 0.15) is 11.6 Å². The summed E-state index contributed by atoms with van der Waals surface area (Å²) in [5, 5.41) is 2.74. The fourth-order valence-electron chi connectivity index (χ4n) is 3.48. The van der Waals surface area contributed by atoms with Crippen LogP contribution in [0.1, 0.15) is 29.8 Å². The van der Waals surface area contributed by atoms with Crippen LogP contribution in [0.2, 0.25) is 0 Å². The minimum Gasteiger partial charge on any atom is -0.384 e. The Morgan fingerprint density at radius 2 is 1.78 bits per heavy atom. The van der Waals surface area contributed by atoms with Crippen molar-refractivity contribution >= 4 is 17.5 Å². The molecule has 1 aromatic carbocycles. The summed E-state index contributed by atoms with van der Waals surface area (Å²) in [6.45, 7) is 0.808. The normalized spacial score (nSPS) is 17.3. The van der Waals surface area contributed by atoms with Crippen molar-refractivity contribution < 1.29 is 31.1 Å². The molecule has 0 bridgehead atoms. The van der Waals surface area contributed by atoms with Crippen molar-refractivity contribution in [1.82, 2.24) is 15.3 Å². The maximum atomic E-state index is 13.0. The van der Waals surface area contributed by atoms with E-state index in [9.17, 15) is 31.1 Å². The van der Waals surface area contributed by atoms with Crippen LogP contribution in [-0.4, -0.2) is 35.5 Å². The second kappa shape index (κ2) is 9.21. The Morgan fingerprint density at radius 3 is 2.41 bits per heavy atom. The predicted molar refractivity (Wildman–Crippen MR) is 105 cm³/mol. The monoisotopic (exact) mass is 461 g/mol. The van der Waals surface area contributed by atoms with Crippen LogP contribution in [0, 0.1) is 5.92 Å². The number of piperidine rings is 1. The zero-order chi connectivity index (χ0) is 23.5. The first-order chi connectivity index (χ1) is 14.9. The van der Waals surface area contributed by atoms with Crippen LogP contribution in [0.4, 0.5) is 38.0 Å². The zero-order valence-electron chi connectivity index (χ0n) is 16.8. The van der Waals surface area contributed by atoms with Crippen molar-refractivity contribution in [2.75, 3.05) is 30.3 Å². The quantitative estimate of drug-likeness (QED) is 0.664. The minimum absolute atomic E-state index is 0.00656. The molecular weight excluding hydrogens is 440 g/mol. The molecule has 2 aromatic rings. The average Bonchev–Trinajstić information content (AvgIpc) is 2.72. The molecule has 6 nitrogen and oxygen atoms in total. The van der Waals surface area contributed by atoms with E-state index in [4.69, 9.17) is 5.73 Å². The molecule has 3 rings (SSSR count). The fraction of sp³-hybridized carbons (Fsp3) is 0.450. The summed E-state index contributed by atoms with van der Waals surface area (Å²) in [7, 11) is 0. The lowest BCUT2D eigenvalue weighted by atomic mass is 9.97. The Labute approximate surface area is 179 Å². The van der Waals surface area contributed by atoms with E-state index in [1.165, 1.54) is 18.2 Å². The molecule has 1 atom stereocenters. The fourth-order valence-corrected chi connectivity index (χ4v) is 3.48. The van der Waals surface area contributed by atoms with Crippen molar-refractivity contribution in [2.45, 2.75) is 31.6 Å². The van der Waals surface area contributed by atoms with Gasteiger partial charge in [0.2, 0.25) is 11.7 Å². The SMILES string of the molecule is Nc1cc(N2CCC[C@@H](C(=O)NCCc3ccc(C(F)(F)F)cc3)C2)nc(C(F)(F)F)n1. The lowest BCUT2D eigenvalue weighted by Gasteiger charge is -2.33. The molecule has 1 saturated heterocycles. The van der Waals surface area contributed by atoms with Gasteiger partial charge in [0.05, 0.1) is 11.5 Å². The first-order valence-corrected chi connectivity index (χ1v) is 9.84. The molecule has 0 aliphatic carbocycles. The molecule has 1 aromatic heterocycles. The first-order valence-electron chi connectivity index (χ1n) is 9.84. The van der Waals surface area contributed by atoms with Gasteiger partial charge in [-0.1, -0.05) is 12.1 Å². The first kappa shape index (κ1) is 23.6. The van der Waals surface area contributed by atoms with Gasteiger partial charge in [-0.25, -0.2) is 9.97 Å². The largest absolute Gasteiger partial charge is 0.451 e. The third-order valence-corrected chi connectivity index (χ3v) is 5.10. The highest BCUT2D eigenvalue weighted by Crippen LogP contribution is 2.30. The van der Waals surface area contributed by atoms with Gasteiger partial charge >= 0.3 is 12.4 Å². The molecular formula is C20H21F6N5O. The van der Waals surface area contributed by atoms with Crippen molar-refractivity contribution in [3.63, 3.8) is 0 Å². The molecule has 3 N–H and O–H groups in total. The van der Waals surface area contributed by atoms with E-state index in [1.54, 1.807) is 4.90 Å². The van der Waals surface area contributed by atoms with E-state index < -0.39 is 29.7 Å². The molecule has 2 heterocycles. The van der Waals surface area contributed by atoms with E-state index in [-0.39, 0.29) is 30.6 Å². The van der Waals surface area contributed by atoms with Gasteiger partial charge in [0, 0.05) is 25.7 Å². The Balaban J connectivity index is 1.56. The van der Waals surface area contributed by atoms with Gasteiger partial charge in [0.15, 0.2) is 0 Å². The highest BCUT2D eigenvalue weighted by Gasteiger charge is 2.36. The number of amides is 1. The summed E-state index contributed by atoms with van der Waals surface area (Å²) < 4.78 is 76.7. The molecule has 1 amide bonds. The highest BCUT2D eigenvalue weighted by molar-refractivity contribution is 5.79. The van der Waals surface area contributed by atoms with Crippen molar-refractivity contribution in [1.29, 1.82) is 0 Å². The van der Waals surface area contributed by atoms with E-state index in [1.807, 2.05) is 0 Å². The number of carbonyl (C=O) groups excluding carboxylic acids is 1. The topological polar surface area (TPSA) is 84.1 Å². The number of halogens is 6. The predicted octanol–water partition coefficient (Wildman–Crippen LogP) is 3.67. The summed E-state index contributed by atoms with van der Waals surface area (Å²) in [5.74, 6) is -2.39. The number of aromatic nitrogens is 2. The Kier molecular flexibility index (Phi) is 6.79. The van der Waals surface area contributed by atoms with Gasteiger partial charge in [-0.2, -0.15) is 26.3 Å². The summed E-state index contributed by atoms with van der Waals surface area (Å²) in [6.07, 6.45) is -7.68. The summed E-state index contributed by atoms with van der Waals surface area (Å²) in [5.41, 5.74) is 5.39. The molecule has 0 radical (unpaired) electrons. The van der Waals surface area contributed by atoms with Gasteiger partial charge in [0.25, 0.3) is 0 Å². The van der Waals surface area contributed by atoms with Crippen LogP contribution in [0.25, 0.3) is 0 Å². The summed E-state index contributed by atoms with van der Waals surface area (Å²) in [4.78, 5) is 20.8. The molecule has 32 heavy (non-hydrogen) atoms. The second-order valence-electron chi connectivity index (χ2n) is 7.49. The zero-order valence-corrected chi connectivity index (χ0v) is 16.8. The number of nitrogens with two attached hydrogens (primary N) is 1. The Morgan fingerprint density at radius 1 is 1.09 bits per heavy atom. The number of nitrogens with zero attached hydrogens (tertiary/aromatic N) is 3. The Bertz CT molecular complexity index is 945. The highest BCUT2D eigenvalue weighted by atomic mass is 19.4. The van der Waals surface area contributed by atoms with Crippen LogP contribution in [-0.2, 0) is 23.6 Å². The Hall–Kier alpha value is -3.05. The average molecular weight is 461 g/mol.